The fraction of sp³-hybridized carbons (Fsp3) is 0. The van der Waals surface area contributed by atoms with Gasteiger partial charge in [0.25, 0.3) is 0 Å². The van der Waals surface area contributed by atoms with Gasteiger partial charge in [-0.25, -0.2) is 4.39 Å². The molecule has 2 aromatic heterocycles. The normalized spacial score (nSPS) is 11.9. The van der Waals surface area contributed by atoms with Crippen molar-refractivity contribution in [1.82, 2.24) is 9.13 Å². The molecule has 0 bridgehead atoms. The molecule has 0 N–H and O–H groups in total. The maximum Gasteiger partial charge on any atom is 0.123 e. The molecule has 12 aromatic rings. The molecule has 0 aliphatic carbocycles. The number of benzene rings is 10. The number of hydrogen-bond acceptors (Lipinski definition) is 0. The second-order valence-corrected chi connectivity index (χ2v) is 15.0. The second kappa shape index (κ2) is 12.3. The van der Waals surface area contributed by atoms with E-state index in [0.29, 0.717) is 0 Å². The predicted octanol–water partition coefficient (Wildman–Crippen LogP) is 14.8. The molecule has 0 radical (unpaired) electrons. The molecule has 0 aliphatic heterocycles. The van der Waals surface area contributed by atoms with Crippen molar-refractivity contribution in [3.63, 3.8) is 0 Å². The van der Waals surface area contributed by atoms with Crippen LogP contribution in [0.5, 0.6) is 0 Å². The van der Waals surface area contributed by atoms with Gasteiger partial charge in [-0.3, -0.25) is 0 Å². The van der Waals surface area contributed by atoms with Crippen LogP contribution < -0.4 is 0 Å². The molecule has 2 nitrogen and oxygen atoms in total. The number of para-hydroxylation sites is 2. The van der Waals surface area contributed by atoms with E-state index < -0.39 is 0 Å². The summed E-state index contributed by atoms with van der Waals surface area (Å²) in [6, 6.07) is 70.9. The third kappa shape index (κ3) is 4.82. The maximum atomic E-state index is 13.8. The van der Waals surface area contributed by atoms with E-state index in [1.54, 1.807) is 0 Å². The Bertz CT molecular complexity index is 3530. The summed E-state index contributed by atoms with van der Waals surface area (Å²) in [5.41, 5.74) is 11.4. The number of aromatic nitrogens is 2. The van der Waals surface area contributed by atoms with Crippen LogP contribution in [0.2, 0.25) is 0 Å². The van der Waals surface area contributed by atoms with Gasteiger partial charge >= 0.3 is 0 Å². The highest BCUT2D eigenvalue weighted by molar-refractivity contribution is 6.25. The van der Waals surface area contributed by atoms with Gasteiger partial charge in [0.2, 0.25) is 0 Å². The summed E-state index contributed by atoms with van der Waals surface area (Å²) in [5, 5.41) is 12.5. The van der Waals surface area contributed by atoms with Crippen molar-refractivity contribution in [3.05, 3.63) is 206 Å². The van der Waals surface area contributed by atoms with E-state index >= 15 is 0 Å². The lowest BCUT2D eigenvalue weighted by atomic mass is 9.94. The molecule has 0 unspecified atom stereocenters. The molecule has 0 fully saturated rings. The second-order valence-electron chi connectivity index (χ2n) is 15.0. The Balaban J connectivity index is 0.950. The highest BCUT2D eigenvalue weighted by Gasteiger charge is 2.17. The average Bonchev–Trinajstić information content (AvgIpc) is 3.79. The number of halogens is 1. The first-order chi connectivity index (χ1) is 28.2. The van der Waals surface area contributed by atoms with Crippen LogP contribution in [-0.4, -0.2) is 9.13 Å². The Morgan fingerprint density at radius 3 is 1.12 bits per heavy atom. The van der Waals surface area contributed by atoms with Gasteiger partial charge in [-0.2, -0.15) is 0 Å². The van der Waals surface area contributed by atoms with Crippen LogP contribution in [0.25, 0.3) is 110 Å². The molecule has 2 heterocycles. The van der Waals surface area contributed by atoms with Gasteiger partial charge in [0.05, 0.1) is 22.1 Å². The van der Waals surface area contributed by atoms with Crippen LogP contribution in [0.3, 0.4) is 0 Å². The van der Waals surface area contributed by atoms with Crippen molar-refractivity contribution in [2.24, 2.45) is 0 Å². The van der Waals surface area contributed by atoms with Crippen LogP contribution in [0.1, 0.15) is 0 Å². The van der Waals surface area contributed by atoms with E-state index in [9.17, 15) is 4.39 Å². The lowest BCUT2D eigenvalue weighted by Crippen LogP contribution is -1.94. The monoisotopic (exact) mass is 728 g/mol. The summed E-state index contributed by atoms with van der Waals surface area (Å²) >= 11 is 0. The van der Waals surface area contributed by atoms with Gasteiger partial charge in [0.15, 0.2) is 0 Å². The zero-order valence-corrected chi connectivity index (χ0v) is 30.8. The molecule has 0 spiro atoms. The zero-order valence-electron chi connectivity index (χ0n) is 30.8. The van der Waals surface area contributed by atoms with Gasteiger partial charge in [-0.15, -0.1) is 0 Å². The Labute approximate surface area is 327 Å². The van der Waals surface area contributed by atoms with Crippen molar-refractivity contribution in [1.29, 1.82) is 0 Å². The van der Waals surface area contributed by atoms with Crippen LogP contribution >= 0.6 is 0 Å². The summed E-state index contributed by atoms with van der Waals surface area (Å²) in [7, 11) is 0. The first-order valence-corrected chi connectivity index (χ1v) is 19.4. The summed E-state index contributed by atoms with van der Waals surface area (Å²) in [6.07, 6.45) is 0. The number of fused-ring (bicyclic) bond motifs is 12. The summed E-state index contributed by atoms with van der Waals surface area (Å²) in [6.45, 7) is 0. The standard InChI is InChI=1S/C54H33FN2/c55-38-23-25-39(26-24-38)56-51-15-7-5-13-46(51)49-31-36(21-29-53(49)56)34-17-19-35(20-18-34)37-22-30-54-50(32-37)47-14-6-8-16-52(47)57(54)40-27-28-45-43-11-2-1-9-41(43)42-10-3-4-12-44(42)48(45)33-40/h1-33H. The fourth-order valence-corrected chi connectivity index (χ4v) is 9.34. The summed E-state index contributed by atoms with van der Waals surface area (Å²) in [4.78, 5) is 0. The van der Waals surface area contributed by atoms with Crippen LogP contribution in [0.4, 0.5) is 4.39 Å². The zero-order chi connectivity index (χ0) is 37.6. The maximum absolute atomic E-state index is 13.8. The van der Waals surface area contributed by atoms with E-state index in [2.05, 4.69) is 185 Å². The number of nitrogens with zero attached hydrogens (tertiary/aromatic N) is 2. The Hall–Kier alpha value is -7.49. The molecule has 10 aromatic carbocycles. The molecular weight excluding hydrogens is 696 g/mol. The predicted molar refractivity (Wildman–Crippen MR) is 238 cm³/mol. The molecule has 0 atom stereocenters. The summed E-state index contributed by atoms with van der Waals surface area (Å²) < 4.78 is 18.5. The molecular formula is C54H33FN2. The van der Waals surface area contributed by atoms with Crippen LogP contribution in [0, 0.1) is 5.82 Å². The third-order valence-corrected chi connectivity index (χ3v) is 12.0. The van der Waals surface area contributed by atoms with Gasteiger partial charge < -0.3 is 9.13 Å². The molecule has 266 valence electrons. The third-order valence-electron chi connectivity index (χ3n) is 12.0. The summed E-state index contributed by atoms with van der Waals surface area (Å²) in [5.74, 6) is -0.235. The first-order valence-electron chi connectivity index (χ1n) is 19.4. The number of hydrogen-bond donors (Lipinski definition) is 0. The Morgan fingerprint density at radius 1 is 0.246 bits per heavy atom. The van der Waals surface area contributed by atoms with E-state index in [0.717, 1.165) is 33.5 Å². The van der Waals surface area contributed by atoms with Crippen molar-refractivity contribution in [3.8, 4) is 33.6 Å². The van der Waals surface area contributed by atoms with E-state index in [1.165, 1.54) is 88.2 Å². The van der Waals surface area contributed by atoms with Gasteiger partial charge in [-0.1, -0.05) is 127 Å². The van der Waals surface area contributed by atoms with E-state index in [-0.39, 0.29) is 5.82 Å². The first kappa shape index (κ1) is 31.8. The molecule has 3 heteroatoms. The van der Waals surface area contributed by atoms with Crippen molar-refractivity contribution >= 4 is 75.9 Å². The molecule has 0 saturated heterocycles. The van der Waals surface area contributed by atoms with E-state index in [4.69, 9.17) is 0 Å². The van der Waals surface area contributed by atoms with Crippen molar-refractivity contribution < 1.29 is 4.39 Å². The lowest BCUT2D eigenvalue weighted by molar-refractivity contribution is 0.627. The minimum atomic E-state index is -0.235. The van der Waals surface area contributed by atoms with Gasteiger partial charge in [-0.05, 0) is 127 Å². The molecule has 12 rings (SSSR count). The molecule has 0 amide bonds. The van der Waals surface area contributed by atoms with Crippen molar-refractivity contribution in [2.45, 2.75) is 0 Å². The topological polar surface area (TPSA) is 9.86 Å². The largest absolute Gasteiger partial charge is 0.309 e. The lowest BCUT2D eigenvalue weighted by Gasteiger charge is -2.14. The smallest absolute Gasteiger partial charge is 0.123 e. The molecule has 0 saturated carbocycles. The van der Waals surface area contributed by atoms with Gasteiger partial charge in [0, 0.05) is 32.9 Å². The minimum absolute atomic E-state index is 0.235. The number of rotatable bonds is 4. The highest BCUT2D eigenvalue weighted by atomic mass is 19.1. The fourth-order valence-electron chi connectivity index (χ4n) is 9.34. The minimum Gasteiger partial charge on any atom is -0.309 e. The van der Waals surface area contributed by atoms with Crippen LogP contribution in [0.15, 0.2) is 200 Å². The Morgan fingerprint density at radius 2 is 0.614 bits per heavy atom. The SMILES string of the molecule is Fc1ccc(-n2c3ccccc3c3cc(-c4ccc(-c5ccc6c(c5)c5ccccc5n6-c5ccc6c7ccccc7c7ccccc7c6c5)cc4)ccc32)cc1. The van der Waals surface area contributed by atoms with Gasteiger partial charge in [0.1, 0.15) is 5.82 Å². The Kier molecular flexibility index (Phi) is 6.84. The highest BCUT2D eigenvalue weighted by Crippen LogP contribution is 2.40. The van der Waals surface area contributed by atoms with E-state index in [1.807, 2.05) is 12.1 Å². The molecule has 57 heavy (non-hydrogen) atoms. The van der Waals surface area contributed by atoms with Crippen molar-refractivity contribution in [2.75, 3.05) is 0 Å². The van der Waals surface area contributed by atoms with Crippen LogP contribution in [-0.2, 0) is 0 Å². The molecule has 0 aliphatic rings. The quantitative estimate of drug-likeness (QED) is 0.160. The average molecular weight is 729 g/mol.